The number of hydrogen-bond donors (Lipinski definition) is 1. The molecular formula is C7H8BrClO3S2. The Morgan fingerprint density at radius 3 is 2.43 bits per heavy atom. The van der Waals surface area contributed by atoms with Gasteiger partial charge in [-0.1, -0.05) is 0 Å². The van der Waals surface area contributed by atoms with E-state index in [2.05, 4.69) is 15.9 Å². The lowest BCUT2D eigenvalue weighted by Crippen LogP contribution is -1.97. The second-order valence-corrected chi connectivity index (χ2v) is 5.40. The van der Waals surface area contributed by atoms with Crippen LogP contribution in [0.5, 0.6) is 0 Å². The van der Waals surface area contributed by atoms with Crippen LogP contribution in [0.15, 0.2) is 32.5 Å². The molecule has 7 heteroatoms. The molecule has 0 radical (unpaired) electrons. The summed E-state index contributed by atoms with van der Waals surface area (Å²) in [6.07, 6.45) is 1.83. The molecular weight excluding hydrogens is 312 g/mol. The van der Waals surface area contributed by atoms with Gasteiger partial charge in [0, 0.05) is 9.37 Å². The minimum Gasteiger partial charge on any atom is -0.282 e. The highest BCUT2D eigenvalue weighted by atomic mass is 79.9. The molecule has 0 aliphatic carbocycles. The van der Waals surface area contributed by atoms with Gasteiger partial charge >= 0.3 is 0 Å². The summed E-state index contributed by atoms with van der Waals surface area (Å²) in [5.74, 6) is 0. The molecule has 0 atom stereocenters. The Balaban J connectivity index is 0.00000169. The van der Waals surface area contributed by atoms with Crippen molar-refractivity contribution in [2.45, 2.75) is 9.79 Å². The first-order valence-corrected chi connectivity index (χ1v) is 6.72. The average Bonchev–Trinajstić information content (AvgIpc) is 2.03. The zero-order valence-electron chi connectivity index (χ0n) is 7.10. The second-order valence-electron chi connectivity index (χ2n) is 2.27. The molecule has 0 aliphatic rings. The van der Waals surface area contributed by atoms with Crippen molar-refractivity contribution in [1.82, 2.24) is 0 Å². The van der Waals surface area contributed by atoms with E-state index in [9.17, 15) is 8.42 Å². The Labute approximate surface area is 102 Å². The van der Waals surface area contributed by atoms with Gasteiger partial charge in [-0.2, -0.15) is 8.42 Å². The van der Waals surface area contributed by atoms with Crippen LogP contribution in [0.1, 0.15) is 0 Å². The van der Waals surface area contributed by atoms with E-state index in [-0.39, 0.29) is 17.3 Å². The maximum Gasteiger partial charge on any atom is 0.294 e. The Hall–Kier alpha value is 0.250. The summed E-state index contributed by atoms with van der Waals surface area (Å²) < 4.78 is 31.0. The minimum absolute atomic E-state index is 0. The maximum absolute atomic E-state index is 10.7. The predicted molar refractivity (Wildman–Crippen MR) is 63.0 cm³/mol. The molecule has 0 spiro atoms. The normalized spacial score (nSPS) is 10.8. The molecule has 0 amide bonds. The van der Waals surface area contributed by atoms with Crippen molar-refractivity contribution in [2.24, 2.45) is 0 Å². The number of rotatable bonds is 2. The fourth-order valence-corrected chi connectivity index (χ4v) is 2.62. The van der Waals surface area contributed by atoms with Gasteiger partial charge in [-0.15, -0.1) is 24.2 Å². The van der Waals surface area contributed by atoms with Crippen molar-refractivity contribution < 1.29 is 13.0 Å². The van der Waals surface area contributed by atoms with Crippen LogP contribution >= 0.6 is 40.1 Å². The Bertz CT molecular complexity index is 419. The summed E-state index contributed by atoms with van der Waals surface area (Å²) >= 11 is 4.66. The van der Waals surface area contributed by atoms with Crippen LogP contribution in [-0.2, 0) is 10.1 Å². The van der Waals surface area contributed by atoms with Crippen LogP contribution in [0.2, 0.25) is 0 Å². The van der Waals surface area contributed by atoms with E-state index in [0.717, 1.165) is 9.37 Å². The Morgan fingerprint density at radius 2 is 2.00 bits per heavy atom. The lowest BCUT2D eigenvalue weighted by molar-refractivity contribution is 0.483. The minimum atomic E-state index is -4.09. The monoisotopic (exact) mass is 318 g/mol. The smallest absolute Gasteiger partial charge is 0.282 e. The number of benzene rings is 1. The van der Waals surface area contributed by atoms with E-state index >= 15 is 0 Å². The molecule has 0 saturated carbocycles. The van der Waals surface area contributed by atoms with Crippen molar-refractivity contribution in [2.75, 3.05) is 6.26 Å². The summed E-state index contributed by atoms with van der Waals surface area (Å²) in [6, 6.07) is 4.36. The summed E-state index contributed by atoms with van der Waals surface area (Å²) in [7, 11) is -4.09. The van der Waals surface area contributed by atoms with Crippen LogP contribution in [0.25, 0.3) is 0 Å². The van der Waals surface area contributed by atoms with Gasteiger partial charge in [0.05, 0.1) is 4.90 Å². The molecule has 0 aliphatic heterocycles. The van der Waals surface area contributed by atoms with Crippen LogP contribution in [0.4, 0.5) is 0 Å². The number of thioether (sulfide) groups is 1. The lowest BCUT2D eigenvalue weighted by Gasteiger charge is -2.02. The first-order valence-electron chi connectivity index (χ1n) is 3.26. The molecule has 0 unspecified atom stereocenters. The first kappa shape index (κ1) is 14.2. The van der Waals surface area contributed by atoms with Crippen molar-refractivity contribution in [3.05, 3.63) is 22.7 Å². The average molecular weight is 320 g/mol. The molecule has 0 saturated heterocycles. The third-order valence-corrected chi connectivity index (χ3v) is 4.00. The highest BCUT2D eigenvalue weighted by Gasteiger charge is 2.10. The molecule has 14 heavy (non-hydrogen) atoms. The summed E-state index contributed by atoms with van der Waals surface area (Å²) in [5, 5.41) is 0. The predicted octanol–water partition coefficient (Wildman–Crippen LogP) is 2.84. The lowest BCUT2D eigenvalue weighted by atomic mass is 10.4. The summed E-state index contributed by atoms with van der Waals surface area (Å²) in [6.45, 7) is 0. The molecule has 0 aromatic heterocycles. The van der Waals surface area contributed by atoms with Gasteiger partial charge in [-0.05, 0) is 40.4 Å². The van der Waals surface area contributed by atoms with E-state index in [1.807, 2.05) is 6.26 Å². The Kier molecular flexibility index (Phi) is 5.46. The zero-order chi connectivity index (χ0) is 10.1. The highest BCUT2D eigenvalue weighted by Crippen LogP contribution is 2.27. The van der Waals surface area contributed by atoms with Crippen molar-refractivity contribution in [3.63, 3.8) is 0 Å². The summed E-state index contributed by atoms with van der Waals surface area (Å²) in [4.78, 5) is 0.690. The van der Waals surface area contributed by atoms with E-state index in [0.29, 0.717) is 0 Å². The third-order valence-electron chi connectivity index (χ3n) is 1.42. The van der Waals surface area contributed by atoms with Crippen molar-refractivity contribution >= 4 is 50.2 Å². The van der Waals surface area contributed by atoms with Gasteiger partial charge in [0.25, 0.3) is 10.1 Å². The SMILES string of the molecule is CSc1cc(S(=O)(=O)O)ccc1Br.Cl. The van der Waals surface area contributed by atoms with E-state index in [1.165, 1.54) is 23.9 Å². The second kappa shape index (κ2) is 5.37. The van der Waals surface area contributed by atoms with E-state index in [1.54, 1.807) is 6.07 Å². The van der Waals surface area contributed by atoms with Gasteiger partial charge in [-0.25, -0.2) is 0 Å². The van der Waals surface area contributed by atoms with Gasteiger partial charge in [0.2, 0.25) is 0 Å². The molecule has 3 nitrogen and oxygen atoms in total. The molecule has 1 aromatic rings. The van der Waals surface area contributed by atoms with E-state index in [4.69, 9.17) is 4.55 Å². The molecule has 0 bridgehead atoms. The fraction of sp³-hybridized carbons (Fsp3) is 0.143. The quantitative estimate of drug-likeness (QED) is 0.673. The largest absolute Gasteiger partial charge is 0.294 e. The highest BCUT2D eigenvalue weighted by molar-refractivity contribution is 9.10. The van der Waals surface area contributed by atoms with Gasteiger partial charge in [0.15, 0.2) is 0 Å². The molecule has 1 rings (SSSR count). The van der Waals surface area contributed by atoms with Crippen LogP contribution in [0, 0.1) is 0 Å². The van der Waals surface area contributed by atoms with Gasteiger partial charge in [-0.3, -0.25) is 4.55 Å². The van der Waals surface area contributed by atoms with Crippen LogP contribution < -0.4 is 0 Å². The maximum atomic E-state index is 10.7. The molecule has 1 aromatic carbocycles. The van der Waals surface area contributed by atoms with Crippen molar-refractivity contribution in [3.8, 4) is 0 Å². The van der Waals surface area contributed by atoms with Crippen LogP contribution in [0.3, 0.4) is 0 Å². The first-order chi connectivity index (χ1) is 5.95. The Morgan fingerprint density at radius 1 is 1.43 bits per heavy atom. The van der Waals surface area contributed by atoms with Crippen molar-refractivity contribution in [1.29, 1.82) is 0 Å². The van der Waals surface area contributed by atoms with Crippen LogP contribution in [-0.4, -0.2) is 19.2 Å². The molecule has 1 N–H and O–H groups in total. The summed E-state index contributed by atoms with van der Waals surface area (Å²) in [5.41, 5.74) is 0. The van der Waals surface area contributed by atoms with E-state index < -0.39 is 10.1 Å². The molecule has 0 fully saturated rings. The topological polar surface area (TPSA) is 54.4 Å². The number of hydrogen-bond acceptors (Lipinski definition) is 3. The third kappa shape index (κ3) is 3.43. The standard InChI is InChI=1S/C7H7BrO3S2.ClH/c1-12-7-4-5(13(9,10)11)2-3-6(7)8;/h2-4H,1H3,(H,9,10,11);1H. The number of halogens is 2. The van der Waals surface area contributed by atoms with Gasteiger partial charge < -0.3 is 0 Å². The fourth-order valence-electron chi connectivity index (χ4n) is 0.801. The molecule has 0 heterocycles. The van der Waals surface area contributed by atoms with Gasteiger partial charge in [0.1, 0.15) is 0 Å². The zero-order valence-corrected chi connectivity index (χ0v) is 11.1. The molecule has 80 valence electrons.